The van der Waals surface area contributed by atoms with Crippen LogP contribution in [0.5, 0.6) is 0 Å². The first-order valence-electron chi connectivity index (χ1n) is 5.51. The number of nitrogens with two attached hydrogens (primary N) is 1. The van der Waals surface area contributed by atoms with E-state index in [1.807, 2.05) is 4.57 Å². The number of aromatic nitrogens is 4. The fourth-order valence-electron chi connectivity index (χ4n) is 1.62. The van der Waals surface area contributed by atoms with Crippen molar-refractivity contribution in [2.45, 2.75) is 26.8 Å². The van der Waals surface area contributed by atoms with E-state index in [1.165, 1.54) is 0 Å². The summed E-state index contributed by atoms with van der Waals surface area (Å²) in [6, 6.07) is 0.278. The van der Waals surface area contributed by atoms with Crippen LogP contribution in [0, 0.1) is 18.3 Å². The van der Waals surface area contributed by atoms with Gasteiger partial charge in [0.05, 0.1) is 6.33 Å². The van der Waals surface area contributed by atoms with Gasteiger partial charge in [0.25, 0.3) is 0 Å². The molecule has 2 N–H and O–H groups in total. The average molecular weight is 229 g/mol. The molecule has 5 heteroatoms. The van der Waals surface area contributed by atoms with Gasteiger partial charge in [-0.1, -0.05) is 13.8 Å². The molecule has 0 radical (unpaired) electrons. The van der Waals surface area contributed by atoms with Gasteiger partial charge in [0.1, 0.15) is 5.52 Å². The minimum Gasteiger partial charge on any atom is -0.382 e. The number of imidazole rings is 1. The Morgan fingerprint density at radius 3 is 2.65 bits per heavy atom. The molecular weight excluding hydrogens is 214 g/mol. The Morgan fingerprint density at radius 1 is 1.35 bits per heavy atom. The maximum atomic E-state index is 5.80. The van der Waals surface area contributed by atoms with Crippen LogP contribution < -0.4 is 5.73 Å². The molecule has 5 nitrogen and oxygen atoms in total. The van der Waals surface area contributed by atoms with E-state index in [9.17, 15) is 0 Å². The minimum atomic E-state index is 0.278. The summed E-state index contributed by atoms with van der Waals surface area (Å²) in [5, 5.41) is 0. The highest BCUT2D eigenvalue weighted by Crippen LogP contribution is 2.23. The van der Waals surface area contributed by atoms with Gasteiger partial charge in [0.2, 0.25) is 5.82 Å². The molecule has 0 fully saturated rings. The standard InChI is InChI=1S/C12H15N5/c1-5-9-15-11(13)10-12(16-9)17(6-14-10)8(4)7(2)3/h1,6-8H,2-4H3,(H2,13,15,16). The highest BCUT2D eigenvalue weighted by atomic mass is 15.2. The van der Waals surface area contributed by atoms with Crippen LogP contribution in [0.4, 0.5) is 5.82 Å². The first-order chi connectivity index (χ1) is 8.04. The number of anilines is 1. The number of fused-ring (bicyclic) bond motifs is 1. The first-order valence-corrected chi connectivity index (χ1v) is 5.51. The van der Waals surface area contributed by atoms with Gasteiger partial charge in [-0.25, -0.2) is 15.0 Å². The van der Waals surface area contributed by atoms with Crippen molar-refractivity contribution in [3.05, 3.63) is 12.2 Å². The number of nitrogen functional groups attached to an aromatic ring is 1. The van der Waals surface area contributed by atoms with Gasteiger partial charge in [-0.3, -0.25) is 0 Å². The summed E-state index contributed by atoms with van der Waals surface area (Å²) in [5.41, 5.74) is 7.11. The van der Waals surface area contributed by atoms with Gasteiger partial charge in [0, 0.05) is 6.04 Å². The Labute approximate surface area is 100 Å². The SMILES string of the molecule is C#Cc1nc(N)c2ncn(C(C)C(C)C)c2n1. The third-order valence-electron chi connectivity index (χ3n) is 2.98. The van der Waals surface area contributed by atoms with Gasteiger partial charge in [-0.05, 0) is 18.8 Å². The summed E-state index contributed by atoms with van der Waals surface area (Å²) in [6.45, 7) is 6.39. The normalized spacial score (nSPS) is 12.9. The molecule has 2 heterocycles. The van der Waals surface area contributed by atoms with E-state index in [-0.39, 0.29) is 6.04 Å². The predicted octanol–water partition coefficient (Wildman–Crippen LogP) is 1.61. The topological polar surface area (TPSA) is 69.6 Å². The van der Waals surface area contributed by atoms with Crippen molar-refractivity contribution in [2.24, 2.45) is 5.92 Å². The molecule has 0 aliphatic carbocycles. The maximum Gasteiger partial charge on any atom is 0.208 e. The van der Waals surface area contributed by atoms with Crippen molar-refractivity contribution in [3.63, 3.8) is 0 Å². The van der Waals surface area contributed by atoms with Gasteiger partial charge in [-0.15, -0.1) is 6.42 Å². The van der Waals surface area contributed by atoms with Crippen LogP contribution >= 0.6 is 0 Å². The Hall–Kier alpha value is -2.09. The summed E-state index contributed by atoms with van der Waals surface area (Å²) < 4.78 is 1.98. The highest BCUT2D eigenvalue weighted by Gasteiger charge is 2.16. The lowest BCUT2D eigenvalue weighted by atomic mass is 10.1. The van der Waals surface area contributed by atoms with Crippen LogP contribution in [0.2, 0.25) is 0 Å². The fraction of sp³-hybridized carbons (Fsp3) is 0.417. The zero-order valence-corrected chi connectivity index (χ0v) is 10.2. The summed E-state index contributed by atoms with van der Waals surface area (Å²) in [7, 11) is 0. The molecule has 0 bridgehead atoms. The van der Waals surface area contributed by atoms with Gasteiger partial charge in [0.15, 0.2) is 11.5 Å². The average Bonchev–Trinajstić information content (AvgIpc) is 2.71. The Kier molecular flexibility index (Phi) is 2.72. The maximum absolute atomic E-state index is 5.80. The van der Waals surface area contributed by atoms with E-state index < -0.39 is 0 Å². The second-order valence-electron chi connectivity index (χ2n) is 4.39. The largest absolute Gasteiger partial charge is 0.382 e. The van der Waals surface area contributed by atoms with Gasteiger partial charge < -0.3 is 10.3 Å². The molecule has 1 unspecified atom stereocenters. The Bertz CT molecular complexity index is 591. The first kappa shape index (κ1) is 11.4. The molecule has 0 spiro atoms. The number of nitrogens with zero attached hydrogens (tertiary/aromatic N) is 4. The quantitative estimate of drug-likeness (QED) is 0.794. The molecule has 2 aromatic rings. The van der Waals surface area contributed by atoms with E-state index in [0.29, 0.717) is 28.7 Å². The van der Waals surface area contributed by atoms with Crippen LogP contribution in [0.25, 0.3) is 11.2 Å². The van der Waals surface area contributed by atoms with Crippen molar-refractivity contribution < 1.29 is 0 Å². The smallest absolute Gasteiger partial charge is 0.208 e. The van der Waals surface area contributed by atoms with Crippen molar-refractivity contribution in [3.8, 4) is 12.3 Å². The molecule has 1 atom stereocenters. The van der Waals surface area contributed by atoms with E-state index >= 15 is 0 Å². The Balaban J connectivity index is 2.67. The third kappa shape index (κ3) is 1.82. The van der Waals surface area contributed by atoms with E-state index in [0.717, 1.165) is 0 Å². The number of hydrogen-bond donors (Lipinski definition) is 1. The molecule has 0 aromatic carbocycles. The zero-order valence-electron chi connectivity index (χ0n) is 10.2. The summed E-state index contributed by atoms with van der Waals surface area (Å²) in [5.74, 6) is 3.50. The molecule has 0 amide bonds. The molecule has 17 heavy (non-hydrogen) atoms. The second-order valence-corrected chi connectivity index (χ2v) is 4.39. The predicted molar refractivity (Wildman–Crippen MR) is 67.2 cm³/mol. The van der Waals surface area contributed by atoms with Gasteiger partial charge >= 0.3 is 0 Å². The fourth-order valence-corrected chi connectivity index (χ4v) is 1.62. The molecule has 0 saturated carbocycles. The molecule has 88 valence electrons. The summed E-state index contributed by atoms with van der Waals surface area (Å²) in [4.78, 5) is 12.5. The van der Waals surface area contributed by atoms with Crippen LogP contribution in [0.15, 0.2) is 6.33 Å². The van der Waals surface area contributed by atoms with E-state index in [1.54, 1.807) is 6.33 Å². The van der Waals surface area contributed by atoms with Crippen LogP contribution in [-0.2, 0) is 0 Å². The number of rotatable bonds is 2. The Morgan fingerprint density at radius 2 is 2.06 bits per heavy atom. The second kappa shape index (κ2) is 4.06. The monoisotopic (exact) mass is 229 g/mol. The molecule has 0 saturated heterocycles. The molecule has 2 aromatic heterocycles. The van der Waals surface area contributed by atoms with Crippen LogP contribution in [-0.4, -0.2) is 19.5 Å². The molecular formula is C12H15N5. The molecule has 0 aliphatic heterocycles. The lowest BCUT2D eigenvalue weighted by molar-refractivity contribution is 0.415. The van der Waals surface area contributed by atoms with Crippen LogP contribution in [0.1, 0.15) is 32.6 Å². The van der Waals surface area contributed by atoms with E-state index in [4.69, 9.17) is 12.2 Å². The lowest BCUT2D eigenvalue weighted by Gasteiger charge is -2.17. The van der Waals surface area contributed by atoms with Crippen molar-refractivity contribution >= 4 is 17.0 Å². The molecule has 2 rings (SSSR count). The van der Waals surface area contributed by atoms with Crippen molar-refractivity contribution in [2.75, 3.05) is 5.73 Å². The van der Waals surface area contributed by atoms with Crippen LogP contribution in [0.3, 0.4) is 0 Å². The van der Waals surface area contributed by atoms with Crippen molar-refractivity contribution in [1.29, 1.82) is 0 Å². The highest BCUT2D eigenvalue weighted by molar-refractivity contribution is 5.82. The van der Waals surface area contributed by atoms with Crippen molar-refractivity contribution in [1.82, 2.24) is 19.5 Å². The number of hydrogen-bond acceptors (Lipinski definition) is 4. The van der Waals surface area contributed by atoms with E-state index in [2.05, 4.69) is 41.6 Å². The molecule has 0 aliphatic rings. The summed E-state index contributed by atoms with van der Waals surface area (Å²) in [6.07, 6.45) is 7.04. The summed E-state index contributed by atoms with van der Waals surface area (Å²) >= 11 is 0. The third-order valence-corrected chi connectivity index (χ3v) is 2.98. The number of terminal acetylenes is 1. The lowest BCUT2D eigenvalue weighted by Crippen LogP contribution is -2.11. The minimum absolute atomic E-state index is 0.278. The van der Waals surface area contributed by atoms with Gasteiger partial charge in [-0.2, -0.15) is 0 Å². The zero-order chi connectivity index (χ0) is 12.6.